The number of aryl methyl sites for hydroxylation is 1. The third kappa shape index (κ3) is 2.65. The summed E-state index contributed by atoms with van der Waals surface area (Å²) >= 11 is 0. The number of aromatic nitrogens is 2. The number of hydrogen-bond acceptors (Lipinski definition) is 4. The Hall–Kier alpha value is -2.17. The summed E-state index contributed by atoms with van der Waals surface area (Å²) in [5.41, 5.74) is 7.36. The number of nitrogens with zero attached hydrogens (tertiary/aromatic N) is 2. The summed E-state index contributed by atoms with van der Waals surface area (Å²) in [5.74, 6) is 1.98. The first-order valence-corrected chi connectivity index (χ1v) is 6.19. The van der Waals surface area contributed by atoms with E-state index in [4.69, 9.17) is 15.2 Å². The van der Waals surface area contributed by atoms with E-state index in [1.54, 1.807) is 11.8 Å². The first kappa shape index (κ1) is 13.3. The number of ether oxygens (including phenoxy) is 2. The first-order valence-electron chi connectivity index (χ1n) is 6.19. The number of anilines is 1. The first-order chi connectivity index (χ1) is 9.02. The number of nitrogen functional groups attached to an aromatic ring is 1. The van der Waals surface area contributed by atoms with Crippen molar-refractivity contribution in [1.29, 1.82) is 0 Å². The van der Waals surface area contributed by atoms with Crippen LogP contribution in [-0.4, -0.2) is 16.9 Å². The highest BCUT2D eigenvalue weighted by atomic mass is 16.5. The molecule has 0 radical (unpaired) electrons. The number of nitrogens with two attached hydrogens (primary N) is 1. The van der Waals surface area contributed by atoms with E-state index in [0.29, 0.717) is 17.3 Å². The molecule has 0 fully saturated rings. The standard InChI is InChI=1S/C14H19N3O2/c1-9(2)17-14(13(15)10(3)16-17)19-12-7-5-6-11(8-12)18-4/h5-9H,15H2,1-4H3. The van der Waals surface area contributed by atoms with E-state index in [1.807, 2.05) is 45.0 Å². The van der Waals surface area contributed by atoms with Gasteiger partial charge in [0.25, 0.3) is 0 Å². The summed E-state index contributed by atoms with van der Waals surface area (Å²) in [6.45, 7) is 5.93. The molecule has 2 N–H and O–H groups in total. The largest absolute Gasteiger partial charge is 0.497 e. The van der Waals surface area contributed by atoms with Crippen LogP contribution >= 0.6 is 0 Å². The van der Waals surface area contributed by atoms with Crippen LogP contribution in [0.4, 0.5) is 5.69 Å². The molecule has 0 aliphatic heterocycles. The Balaban J connectivity index is 2.37. The molecule has 5 nitrogen and oxygen atoms in total. The molecule has 0 saturated heterocycles. The van der Waals surface area contributed by atoms with Crippen LogP contribution in [0.25, 0.3) is 0 Å². The van der Waals surface area contributed by atoms with Gasteiger partial charge in [0.15, 0.2) is 0 Å². The van der Waals surface area contributed by atoms with Crippen molar-refractivity contribution in [2.75, 3.05) is 12.8 Å². The molecule has 2 aromatic rings. The lowest BCUT2D eigenvalue weighted by Crippen LogP contribution is -2.05. The lowest BCUT2D eigenvalue weighted by atomic mass is 10.3. The third-order valence-corrected chi connectivity index (χ3v) is 2.83. The van der Waals surface area contributed by atoms with Crippen LogP contribution in [-0.2, 0) is 0 Å². The zero-order chi connectivity index (χ0) is 14.0. The summed E-state index contributed by atoms with van der Waals surface area (Å²) in [6, 6.07) is 7.58. The highest BCUT2D eigenvalue weighted by Crippen LogP contribution is 2.33. The van der Waals surface area contributed by atoms with Crippen LogP contribution in [0.1, 0.15) is 25.6 Å². The minimum absolute atomic E-state index is 0.177. The van der Waals surface area contributed by atoms with Gasteiger partial charge in [0.1, 0.15) is 17.2 Å². The van der Waals surface area contributed by atoms with E-state index in [0.717, 1.165) is 11.4 Å². The Morgan fingerprint density at radius 1 is 1.26 bits per heavy atom. The molecule has 1 aromatic heterocycles. The van der Waals surface area contributed by atoms with Crippen molar-refractivity contribution in [3.05, 3.63) is 30.0 Å². The van der Waals surface area contributed by atoms with Crippen LogP contribution < -0.4 is 15.2 Å². The molecule has 0 spiro atoms. The average Bonchev–Trinajstić information content (AvgIpc) is 2.67. The molecule has 1 aromatic carbocycles. The van der Waals surface area contributed by atoms with Crippen molar-refractivity contribution in [1.82, 2.24) is 9.78 Å². The highest BCUT2D eigenvalue weighted by molar-refractivity contribution is 5.54. The zero-order valence-corrected chi connectivity index (χ0v) is 11.7. The van der Waals surface area contributed by atoms with Crippen molar-refractivity contribution >= 4 is 5.69 Å². The quantitative estimate of drug-likeness (QED) is 0.918. The molecular weight excluding hydrogens is 242 g/mol. The third-order valence-electron chi connectivity index (χ3n) is 2.83. The van der Waals surface area contributed by atoms with Crippen LogP contribution in [0.15, 0.2) is 24.3 Å². The van der Waals surface area contributed by atoms with Crippen LogP contribution in [0.2, 0.25) is 0 Å². The van der Waals surface area contributed by atoms with Gasteiger partial charge >= 0.3 is 0 Å². The Morgan fingerprint density at radius 2 is 1.95 bits per heavy atom. The fourth-order valence-corrected chi connectivity index (χ4v) is 1.77. The molecule has 0 unspecified atom stereocenters. The van der Waals surface area contributed by atoms with Gasteiger partial charge in [0, 0.05) is 6.07 Å². The summed E-state index contributed by atoms with van der Waals surface area (Å²) in [7, 11) is 1.62. The Kier molecular flexibility index (Phi) is 3.64. The van der Waals surface area contributed by atoms with Crippen molar-refractivity contribution in [2.24, 2.45) is 0 Å². The monoisotopic (exact) mass is 261 g/mol. The van der Waals surface area contributed by atoms with Gasteiger partial charge in [-0.3, -0.25) is 0 Å². The fourth-order valence-electron chi connectivity index (χ4n) is 1.77. The SMILES string of the molecule is COc1cccc(Oc2c(N)c(C)nn2C(C)C)c1. The minimum Gasteiger partial charge on any atom is -0.497 e. The van der Waals surface area contributed by atoms with Gasteiger partial charge in [0.05, 0.1) is 18.8 Å². The molecule has 102 valence electrons. The molecule has 0 aliphatic rings. The summed E-state index contributed by atoms with van der Waals surface area (Å²) in [5, 5.41) is 4.38. The maximum Gasteiger partial charge on any atom is 0.241 e. The second-order valence-corrected chi connectivity index (χ2v) is 4.62. The fraction of sp³-hybridized carbons (Fsp3) is 0.357. The molecule has 1 heterocycles. The second-order valence-electron chi connectivity index (χ2n) is 4.62. The number of methoxy groups -OCH3 is 1. The van der Waals surface area contributed by atoms with E-state index < -0.39 is 0 Å². The van der Waals surface area contributed by atoms with E-state index >= 15 is 0 Å². The molecule has 0 amide bonds. The van der Waals surface area contributed by atoms with E-state index in [-0.39, 0.29) is 6.04 Å². The molecule has 0 bridgehead atoms. The van der Waals surface area contributed by atoms with E-state index in [2.05, 4.69) is 5.10 Å². The van der Waals surface area contributed by atoms with Crippen molar-refractivity contribution < 1.29 is 9.47 Å². The van der Waals surface area contributed by atoms with Gasteiger partial charge < -0.3 is 15.2 Å². The molecule has 2 rings (SSSR count). The molecule has 19 heavy (non-hydrogen) atoms. The number of hydrogen-bond donors (Lipinski definition) is 1. The predicted octanol–water partition coefficient (Wildman–Crippen LogP) is 3.16. The van der Waals surface area contributed by atoms with Crippen molar-refractivity contribution in [2.45, 2.75) is 26.8 Å². The van der Waals surface area contributed by atoms with Gasteiger partial charge in [-0.15, -0.1) is 0 Å². The lowest BCUT2D eigenvalue weighted by molar-refractivity contribution is 0.382. The van der Waals surface area contributed by atoms with Gasteiger partial charge in [0.2, 0.25) is 5.88 Å². The van der Waals surface area contributed by atoms with Gasteiger partial charge in [-0.1, -0.05) is 6.07 Å². The van der Waals surface area contributed by atoms with Gasteiger partial charge in [-0.05, 0) is 32.9 Å². The van der Waals surface area contributed by atoms with Crippen molar-refractivity contribution in [3.8, 4) is 17.4 Å². The minimum atomic E-state index is 0.177. The Morgan fingerprint density at radius 3 is 2.58 bits per heavy atom. The van der Waals surface area contributed by atoms with Crippen molar-refractivity contribution in [3.63, 3.8) is 0 Å². The van der Waals surface area contributed by atoms with Crippen LogP contribution in [0, 0.1) is 6.92 Å². The Bertz CT molecular complexity index is 576. The van der Waals surface area contributed by atoms with Crippen LogP contribution in [0.5, 0.6) is 17.4 Å². The normalized spacial score (nSPS) is 10.8. The zero-order valence-electron chi connectivity index (χ0n) is 11.7. The molecule has 0 saturated carbocycles. The smallest absolute Gasteiger partial charge is 0.241 e. The number of benzene rings is 1. The molecule has 0 atom stereocenters. The summed E-state index contributed by atoms with van der Waals surface area (Å²) < 4.78 is 12.8. The van der Waals surface area contributed by atoms with E-state index in [1.165, 1.54) is 0 Å². The lowest BCUT2D eigenvalue weighted by Gasteiger charge is -2.12. The molecule has 5 heteroatoms. The average molecular weight is 261 g/mol. The van der Waals surface area contributed by atoms with Gasteiger partial charge in [-0.25, -0.2) is 4.68 Å². The summed E-state index contributed by atoms with van der Waals surface area (Å²) in [6.07, 6.45) is 0. The number of rotatable bonds is 4. The Labute approximate surface area is 112 Å². The molecule has 0 aliphatic carbocycles. The highest BCUT2D eigenvalue weighted by Gasteiger charge is 2.17. The van der Waals surface area contributed by atoms with Gasteiger partial charge in [-0.2, -0.15) is 5.10 Å². The summed E-state index contributed by atoms with van der Waals surface area (Å²) in [4.78, 5) is 0. The topological polar surface area (TPSA) is 62.3 Å². The van der Waals surface area contributed by atoms with Crippen LogP contribution in [0.3, 0.4) is 0 Å². The maximum atomic E-state index is 6.02. The van der Waals surface area contributed by atoms with E-state index in [9.17, 15) is 0 Å². The maximum absolute atomic E-state index is 6.02. The second kappa shape index (κ2) is 5.22. The predicted molar refractivity (Wildman–Crippen MR) is 74.8 cm³/mol. The molecular formula is C14H19N3O2.